The molecule has 0 saturated carbocycles. The number of aromatic amines is 1. The molecular weight excluding hydrogens is 208 g/mol. The van der Waals surface area contributed by atoms with E-state index in [0.29, 0.717) is 6.04 Å². The molecule has 0 amide bonds. The average Bonchev–Trinajstić information content (AvgIpc) is 2.77. The topological polar surface area (TPSA) is 27.8 Å². The third-order valence-electron chi connectivity index (χ3n) is 2.90. The summed E-state index contributed by atoms with van der Waals surface area (Å²) in [4.78, 5) is 3.28. The zero-order chi connectivity index (χ0) is 12.1. The van der Waals surface area contributed by atoms with E-state index in [0.717, 1.165) is 6.54 Å². The summed E-state index contributed by atoms with van der Waals surface area (Å²) in [6.07, 6.45) is 7.64. The second-order valence-electron chi connectivity index (χ2n) is 4.39. The van der Waals surface area contributed by atoms with Crippen LogP contribution >= 0.6 is 0 Å². The zero-order valence-corrected chi connectivity index (χ0v) is 10.5. The smallest absolute Gasteiger partial charge is 0.0460 e. The molecule has 0 bridgehead atoms. The number of hydrogen-bond acceptors (Lipinski definition) is 1. The monoisotopic (exact) mass is 228 g/mol. The van der Waals surface area contributed by atoms with Crippen molar-refractivity contribution in [2.75, 3.05) is 6.54 Å². The second-order valence-corrected chi connectivity index (χ2v) is 4.39. The summed E-state index contributed by atoms with van der Waals surface area (Å²) < 4.78 is 0. The van der Waals surface area contributed by atoms with Crippen LogP contribution in [0.3, 0.4) is 0 Å². The van der Waals surface area contributed by atoms with Crippen LogP contribution in [0.2, 0.25) is 0 Å². The standard InChI is InChI=1S/C15H20N2/c1-3-10-16-12(2)8-9-13-11-17-15-7-5-4-6-14(13)15/h4-9,11-12,16-17H,3,10H2,1-2H3/b9-8+. The molecule has 2 N–H and O–H groups in total. The lowest BCUT2D eigenvalue weighted by molar-refractivity contribution is 0.625. The number of benzene rings is 1. The van der Waals surface area contributed by atoms with E-state index in [9.17, 15) is 0 Å². The van der Waals surface area contributed by atoms with Gasteiger partial charge in [0.05, 0.1) is 0 Å². The highest BCUT2D eigenvalue weighted by Gasteiger charge is 1.99. The third kappa shape index (κ3) is 2.98. The summed E-state index contributed by atoms with van der Waals surface area (Å²) in [6.45, 7) is 5.43. The lowest BCUT2D eigenvalue weighted by Crippen LogP contribution is -2.24. The largest absolute Gasteiger partial charge is 0.361 e. The molecular formula is C15H20N2. The van der Waals surface area contributed by atoms with E-state index < -0.39 is 0 Å². The highest BCUT2D eigenvalue weighted by atomic mass is 14.9. The molecule has 1 aromatic carbocycles. The number of fused-ring (bicyclic) bond motifs is 1. The fraction of sp³-hybridized carbons (Fsp3) is 0.333. The third-order valence-corrected chi connectivity index (χ3v) is 2.90. The molecule has 2 aromatic rings. The molecule has 2 nitrogen and oxygen atoms in total. The van der Waals surface area contributed by atoms with Crippen LogP contribution in [0.15, 0.2) is 36.5 Å². The van der Waals surface area contributed by atoms with Gasteiger partial charge in [-0.1, -0.05) is 37.3 Å². The van der Waals surface area contributed by atoms with Gasteiger partial charge in [0.2, 0.25) is 0 Å². The first kappa shape index (κ1) is 11.9. The Morgan fingerprint density at radius 3 is 3.00 bits per heavy atom. The van der Waals surface area contributed by atoms with Crippen LogP contribution < -0.4 is 5.32 Å². The van der Waals surface area contributed by atoms with Crippen molar-refractivity contribution in [3.8, 4) is 0 Å². The van der Waals surface area contributed by atoms with E-state index >= 15 is 0 Å². The quantitative estimate of drug-likeness (QED) is 0.804. The van der Waals surface area contributed by atoms with Crippen LogP contribution in [0, 0.1) is 0 Å². The van der Waals surface area contributed by atoms with Gasteiger partial charge in [-0.15, -0.1) is 0 Å². The fourth-order valence-electron chi connectivity index (χ4n) is 1.92. The molecule has 2 rings (SSSR count). The van der Waals surface area contributed by atoms with E-state index in [1.54, 1.807) is 0 Å². The predicted molar refractivity (Wildman–Crippen MR) is 75.1 cm³/mol. The Kier molecular flexibility index (Phi) is 3.99. The van der Waals surface area contributed by atoms with Crippen molar-refractivity contribution in [1.29, 1.82) is 0 Å². The Balaban J connectivity index is 2.10. The number of H-pyrrole nitrogens is 1. The van der Waals surface area contributed by atoms with Crippen molar-refractivity contribution in [1.82, 2.24) is 10.3 Å². The van der Waals surface area contributed by atoms with Gasteiger partial charge < -0.3 is 10.3 Å². The van der Waals surface area contributed by atoms with Gasteiger partial charge in [-0.25, -0.2) is 0 Å². The van der Waals surface area contributed by atoms with Gasteiger partial charge in [-0.3, -0.25) is 0 Å². The Bertz CT molecular complexity index is 496. The van der Waals surface area contributed by atoms with Crippen LogP contribution in [0.25, 0.3) is 17.0 Å². The van der Waals surface area contributed by atoms with Gasteiger partial charge in [0, 0.05) is 23.1 Å². The number of hydrogen-bond donors (Lipinski definition) is 2. The van der Waals surface area contributed by atoms with Gasteiger partial charge in [-0.05, 0) is 31.5 Å². The van der Waals surface area contributed by atoms with Gasteiger partial charge in [0.25, 0.3) is 0 Å². The van der Waals surface area contributed by atoms with Crippen molar-refractivity contribution >= 4 is 17.0 Å². The Morgan fingerprint density at radius 2 is 2.18 bits per heavy atom. The van der Waals surface area contributed by atoms with E-state index in [1.807, 2.05) is 0 Å². The molecule has 90 valence electrons. The summed E-state index contributed by atoms with van der Waals surface area (Å²) in [5.41, 5.74) is 2.45. The minimum atomic E-state index is 0.420. The second kappa shape index (κ2) is 5.69. The van der Waals surface area contributed by atoms with Crippen molar-refractivity contribution in [2.24, 2.45) is 0 Å². The first-order valence-electron chi connectivity index (χ1n) is 6.29. The van der Waals surface area contributed by atoms with Gasteiger partial charge in [-0.2, -0.15) is 0 Å². The first-order valence-corrected chi connectivity index (χ1v) is 6.29. The Morgan fingerprint density at radius 1 is 1.35 bits per heavy atom. The molecule has 0 aliphatic heterocycles. The minimum Gasteiger partial charge on any atom is -0.361 e. The highest BCUT2D eigenvalue weighted by molar-refractivity contribution is 5.88. The van der Waals surface area contributed by atoms with Crippen molar-refractivity contribution < 1.29 is 0 Å². The molecule has 0 radical (unpaired) electrons. The molecule has 0 saturated heterocycles. The maximum absolute atomic E-state index is 3.45. The Hall–Kier alpha value is -1.54. The predicted octanol–water partition coefficient (Wildman–Crippen LogP) is 3.57. The number of nitrogens with one attached hydrogen (secondary N) is 2. The maximum Gasteiger partial charge on any atom is 0.0460 e. The highest BCUT2D eigenvalue weighted by Crippen LogP contribution is 2.18. The number of rotatable bonds is 5. The number of aromatic nitrogens is 1. The van der Waals surface area contributed by atoms with Crippen LogP contribution in [0.1, 0.15) is 25.8 Å². The number of para-hydroxylation sites is 1. The van der Waals surface area contributed by atoms with Crippen LogP contribution in [0.4, 0.5) is 0 Å². The summed E-state index contributed by atoms with van der Waals surface area (Å²) >= 11 is 0. The minimum absolute atomic E-state index is 0.420. The lowest BCUT2D eigenvalue weighted by Gasteiger charge is -2.07. The van der Waals surface area contributed by atoms with Crippen molar-refractivity contribution in [3.63, 3.8) is 0 Å². The van der Waals surface area contributed by atoms with Crippen molar-refractivity contribution in [2.45, 2.75) is 26.3 Å². The fourth-order valence-corrected chi connectivity index (χ4v) is 1.92. The molecule has 1 unspecified atom stereocenters. The molecule has 1 aromatic heterocycles. The van der Waals surface area contributed by atoms with E-state index in [4.69, 9.17) is 0 Å². The van der Waals surface area contributed by atoms with Crippen LogP contribution in [-0.2, 0) is 0 Å². The van der Waals surface area contributed by atoms with Gasteiger partial charge in [0.1, 0.15) is 0 Å². The van der Waals surface area contributed by atoms with E-state index in [-0.39, 0.29) is 0 Å². The SMILES string of the molecule is CCCNC(C)/C=C/c1c[nH]c2ccccc12. The van der Waals surface area contributed by atoms with Crippen LogP contribution in [0.5, 0.6) is 0 Å². The van der Waals surface area contributed by atoms with Crippen LogP contribution in [-0.4, -0.2) is 17.6 Å². The molecule has 2 heteroatoms. The van der Waals surface area contributed by atoms with E-state index in [1.165, 1.54) is 22.9 Å². The zero-order valence-electron chi connectivity index (χ0n) is 10.5. The lowest BCUT2D eigenvalue weighted by atomic mass is 10.1. The summed E-state index contributed by atoms with van der Waals surface area (Å²) in [5, 5.41) is 4.73. The maximum atomic E-state index is 3.45. The molecule has 17 heavy (non-hydrogen) atoms. The summed E-state index contributed by atoms with van der Waals surface area (Å²) in [6, 6.07) is 8.80. The normalized spacial score (nSPS) is 13.5. The van der Waals surface area contributed by atoms with Gasteiger partial charge in [0.15, 0.2) is 0 Å². The first-order chi connectivity index (χ1) is 8.31. The molecule has 0 aliphatic rings. The van der Waals surface area contributed by atoms with Crippen molar-refractivity contribution in [3.05, 3.63) is 42.1 Å². The summed E-state index contributed by atoms with van der Waals surface area (Å²) in [7, 11) is 0. The van der Waals surface area contributed by atoms with Gasteiger partial charge >= 0.3 is 0 Å². The Labute approximate surface area is 103 Å². The molecule has 0 aliphatic carbocycles. The molecule has 0 fully saturated rings. The summed E-state index contributed by atoms with van der Waals surface area (Å²) in [5.74, 6) is 0. The molecule has 0 spiro atoms. The molecule has 1 atom stereocenters. The average molecular weight is 228 g/mol. The molecule has 1 heterocycles. The van der Waals surface area contributed by atoms with E-state index in [2.05, 4.69) is 66.8 Å².